The summed E-state index contributed by atoms with van der Waals surface area (Å²) in [4.78, 5) is 0. The normalized spacial score (nSPS) is 11.4. The molecule has 1 rings (SSSR count). The molecule has 1 aromatic rings. The zero-order valence-electron chi connectivity index (χ0n) is 8.63. The molecule has 0 saturated heterocycles. The van der Waals surface area contributed by atoms with Gasteiger partial charge in [0.25, 0.3) is 0 Å². The van der Waals surface area contributed by atoms with E-state index in [1.807, 2.05) is 0 Å². The molecule has 0 spiro atoms. The van der Waals surface area contributed by atoms with Gasteiger partial charge in [0.15, 0.2) is 0 Å². The Balaban J connectivity index is 3.13. The van der Waals surface area contributed by atoms with Gasteiger partial charge in [-0.2, -0.15) is 0 Å². The first-order valence-electron chi connectivity index (χ1n) is 4.60. The van der Waals surface area contributed by atoms with Crippen LogP contribution in [0.3, 0.4) is 0 Å². The van der Waals surface area contributed by atoms with E-state index < -0.39 is 15.2 Å². The Morgan fingerprint density at radius 1 is 1.44 bits per heavy atom. The van der Waals surface area contributed by atoms with Gasteiger partial charge in [-0.15, -0.1) is 11.6 Å². The van der Waals surface area contributed by atoms with E-state index in [4.69, 9.17) is 16.7 Å². The highest BCUT2D eigenvalue weighted by Crippen LogP contribution is 2.19. The molecule has 0 aliphatic carbocycles. The average Bonchev–Trinajstić information content (AvgIpc) is 2.25. The maximum absolute atomic E-state index is 11.7. The minimum atomic E-state index is -3.58. The predicted octanol–water partition coefficient (Wildman–Crippen LogP) is 1.19. The van der Waals surface area contributed by atoms with Crippen LogP contribution in [0.2, 0.25) is 0 Å². The molecule has 1 radical (unpaired) electrons. The number of aliphatic hydroxyl groups excluding tert-OH is 1. The topological polar surface area (TPSA) is 57.6 Å². The summed E-state index contributed by atoms with van der Waals surface area (Å²) in [5.74, 6) is 0. The second-order valence-electron chi connectivity index (χ2n) is 3.19. The molecular formula is C10H13ClNO3S. The molecule has 89 valence electrons. The van der Waals surface area contributed by atoms with Crippen LogP contribution in [0, 0.1) is 6.92 Å². The molecule has 0 fully saturated rings. The van der Waals surface area contributed by atoms with Crippen LogP contribution in [-0.4, -0.2) is 31.9 Å². The first kappa shape index (κ1) is 13.3. The number of hydrogen-bond donors (Lipinski definition) is 1. The Labute approximate surface area is 101 Å². The number of anilines is 1. The van der Waals surface area contributed by atoms with Gasteiger partial charge in [0.1, 0.15) is 5.21 Å². The van der Waals surface area contributed by atoms with E-state index in [9.17, 15) is 8.42 Å². The summed E-state index contributed by atoms with van der Waals surface area (Å²) < 4.78 is 24.4. The minimum absolute atomic E-state index is 0.0154. The Morgan fingerprint density at radius 2 is 2.12 bits per heavy atom. The highest BCUT2D eigenvalue weighted by atomic mass is 35.5. The van der Waals surface area contributed by atoms with Crippen molar-refractivity contribution in [2.45, 2.75) is 0 Å². The minimum Gasteiger partial charge on any atom is -0.394 e. The van der Waals surface area contributed by atoms with Crippen LogP contribution >= 0.6 is 11.6 Å². The molecule has 0 saturated carbocycles. The first-order valence-corrected chi connectivity index (χ1v) is 6.75. The standard InChI is InChI=1S/C10H13ClNO3S/c1-9-3-2-4-10(7-9)12(5-6-13)16(14,15)8-11/h2-4,7,13H,1,5-6,8H2. The number of sulfonamides is 1. The summed E-state index contributed by atoms with van der Waals surface area (Å²) in [6.45, 7) is 3.43. The Bertz CT molecular complexity index is 447. The van der Waals surface area contributed by atoms with Gasteiger partial charge in [-0.25, -0.2) is 8.42 Å². The quantitative estimate of drug-likeness (QED) is 0.811. The van der Waals surface area contributed by atoms with Crippen molar-refractivity contribution in [3.63, 3.8) is 0 Å². The molecule has 1 aromatic carbocycles. The highest BCUT2D eigenvalue weighted by Gasteiger charge is 2.20. The Kier molecular flexibility index (Phi) is 4.58. The van der Waals surface area contributed by atoms with Crippen LogP contribution in [0.5, 0.6) is 0 Å². The monoisotopic (exact) mass is 262 g/mol. The molecule has 0 unspecified atom stereocenters. The smallest absolute Gasteiger partial charge is 0.249 e. The fraction of sp³-hybridized carbons (Fsp3) is 0.300. The molecular weight excluding hydrogens is 250 g/mol. The molecule has 0 aliphatic rings. The molecule has 0 bridgehead atoms. The molecule has 0 aromatic heterocycles. The lowest BCUT2D eigenvalue weighted by molar-refractivity contribution is 0.307. The summed E-state index contributed by atoms with van der Waals surface area (Å²) in [7, 11) is -3.58. The number of aliphatic hydroxyl groups is 1. The summed E-state index contributed by atoms with van der Waals surface area (Å²) in [6.07, 6.45) is 0. The predicted molar refractivity (Wildman–Crippen MR) is 65.0 cm³/mol. The number of nitrogens with zero attached hydrogens (tertiary/aromatic N) is 1. The maximum Gasteiger partial charge on any atom is 0.249 e. The van der Waals surface area contributed by atoms with Gasteiger partial charge in [-0.05, 0) is 24.6 Å². The average molecular weight is 263 g/mol. The molecule has 6 heteroatoms. The van der Waals surface area contributed by atoms with Crippen molar-refractivity contribution in [2.75, 3.05) is 22.7 Å². The third-order valence-electron chi connectivity index (χ3n) is 1.98. The van der Waals surface area contributed by atoms with Gasteiger partial charge >= 0.3 is 0 Å². The first-order chi connectivity index (χ1) is 7.51. The van der Waals surface area contributed by atoms with E-state index in [1.165, 1.54) is 0 Å². The van der Waals surface area contributed by atoms with Crippen molar-refractivity contribution in [1.82, 2.24) is 0 Å². The zero-order valence-corrected chi connectivity index (χ0v) is 10.2. The number of rotatable bonds is 5. The van der Waals surface area contributed by atoms with Gasteiger partial charge in [0.2, 0.25) is 10.0 Å². The fourth-order valence-corrected chi connectivity index (χ4v) is 2.56. The van der Waals surface area contributed by atoms with Crippen LogP contribution < -0.4 is 4.31 Å². The molecule has 0 heterocycles. The lowest BCUT2D eigenvalue weighted by atomic mass is 10.2. The second-order valence-corrected chi connectivity index (χ2v) is 5.66. The van der Waals surface area contributed by atoms with E-state index in [1.54, 1.807) is 24.3 Å². The molecule has 0 atom stereocenters. The van der Waals surface area contributed by atoms with E-state index in [0.717, 1.165) is 4.31 Å². The highest BCUT2D eigenvalue weighted by molar-refractivity contribution is 7.93. The summed E-state index contributed by atoms with van der Waals surface area (Å²) in [6, 6.07) is 6.72. The molecule has 0 amide bonds. The van der Waals surface area contributed by atoms with E-state index in [2.05, 4.69) is 6.92 Å². The maximum atomic E-state index is 11.7. The van der Waals surface area contributed by atoms with Gasteiger partial charge in [-0.1, -0.05) is 12.1 Å². The Morgan fingerprint density at radius 3 is 2.62 bits per heavy atom. The molecule has 16 heavy (non-hydrogen) atoms. The summed E-state index contributed by atoms with van der Waals surface area (Å²) in [5.41, 5.74) is 1.16. The van der Waals surface area contributed by atoms with Gasteiger partial charge in [0.05, 0.1) is 18.8 Å². The molecule has 1 N–H and O–H groups in total. The fourth-order valence-electron chi connectivity index (χ4n) is 1.29. The van der Waals surface area contributed by atoms with E-state index in [0.29, 0.717) is 11.3 Å². The SMILES string of the molecule is [CH2]c1cccc(N(CCO)S(=O)(=O)CCl)c1. The van der Waals surface area contributed by atoms with Gasteiger partial charge in [-0.3, -0.25) is 4.31 Å². The third-order valence-corrected chi connectivity index (χ3v) is 4.14. The number of benzene rings is 1. The van der Waals surface area contributed by atoms with Crippen LogP contribution in [0.15, 0.2) is 24.3 Å². The Hall–Kier alpha value is -0.780. The van der Waals surface area contributed by atoms with Crippen LogP contribution in [-0.2, 0) is 10.0 Å². The number of hydrogen-bond acceptors (Lipinski definition) is 3. The van der Waals surface area contributed by atoms with Crippen LogP contribution in [0.25, 0.3) is 0 Å². The lowest BCUT2D eigenvalue weighted by Crippen LogP contribution is -2.34. The lowest BCUT2D eigenvalue weighted by Gasteiger charge is -2.22. The van der Waals surface area contributed by atoms with Crippen molar-refractivity contribution >= 4 is 27.3 Å². The van der Waals surface area contributed by atoms with Crippen molar-refractivity contribution in [1.29, 1.82) is 0 Å². The van der Waals surface area contributed by atoms with Crippen molar-refractivity contribution in [3.8, 4) is 0 Å². The van der Waals surface area contributed by atoms with Crippen molar-refractivity contribution in [3.05, 3.63) is 36.8 Å². The summed E-state index contributed by atoms with van der Waals surface area (Å²) >= 11 is 5.39. The van der Waals surface area contributed by atoms with E-state index in [-0.39, 0.29) is 13.2 Å². The van der Waals surface area contributed by atoms with Crippen LogP contribution in [0.4, 0.5) is 5.69 Å². The third kappa shape index (κ3) is 3.10. The number of halogens is 1. The van der Waals surface area contributed by atoms with Crippen LogP contribution in [0.1, 0.15) is 5.56 Å². The number of alkyl halides is 1. The second kappa shape index (κ2) is 5.52. The zero-order chi connectivity index (χ0) is 12.2. The van der Waals surface area contributed by atoms with E-state index >= 15 is 0 Å². The van der Waals surface area contributed by atoms with Gasteiger partial charge in [0, 0.05) is 0 Å². The molecule has 0 aliphatic heterocycles. The molecule has 4 nitrogen and oxygen atoms in total. The largest absolute Gasteiger partial charge is 0.394 e. The van der Waals surface area contributed by atoms with Crippen molar-refractivity contribution < 1.29 is 13.5 Å². The van der Waals surface area contributed by atoms with Crippen molar-refractivity contribution in [2.24, 2.45) is 0 Å². The van der Waals surface area contributed by atoms with Gasteiger partial charge < -0.3 is 5.11 Å². The summed E-state index contributed by atoms with van der Waals surface area (Å²) in [5, 5.41) is 8.34.